The van der Waals surface area contributed by atoms with Gasteiger partial charge in [-0.25, -0.2) is 23.1 Å². The number of anilines is 1. The highest BCUT2D eigenvalue weighted by molar-refractivity contribution is 5.88. The Kier molecular flexibility index (Phi) is 6.57. The van der Waals surface area contributed by atoms with Gasteiger partial charge < -0.3 is 14.8 Å². The first-order valence-corrected chi connectivity index (χ1v) is 10.9. The van der Waals surface area contributed by atoms with Crippen molar-refractivity contribution in [1.29, 1.82) is 5.26 Å². The van der Waals surface area contributed by atoms with Crippen LogP contribution < -0.4 is 10.1 Å². The average Bonchev–Trinajstić information content (AvgIpc) is 3.59. The third-order valence-corrected chi connectivity index (χ3v) is 5.88. The summed E-state index contributed by atoms with van der Waals surface area (Å²) < 4.78 is 51.9. The van der Waals surface area contributed by atoms with Crippen LogP contribution in [0.4, 0.5) is 19.0 Å². The van der Waals surface area contributed by atoms with Gasteiger partial charge in [0.05, 0.1) is 35.1 Å². The maximum Gasteiger partial charge on any atom is 0.266 e. The summed E-state index contributed by atoms with van der Waals surface area (Å²) in [5.74, 6) is 0.134. The molecule has 10 heteroatoms. The highest BCUT2D eigenvalue weighted by Crippen LogP contribution is 2.51. The Bertz CT molecular complexity index is 1260. The Hall–Kier alpha value is -3.45. The minimum absolute atomic E-state index is 0.0885. The van der Waals surface area contributed by atoms with E-state index < -0.39 is 29.3 Å². The largest absolute Gasteiger partial charge is 0.475 e. The quantitative estimate of drug-likeness (QED) is 0.431. The number of pyridine rings is 1. The van der Waals surface area contributed by atoms with E-state index in [0.29, 0.717) is 53.6 Å². The van der Waals surface area contributed by atoms with E-state index in [4.69, 9.17) is 9.47 Å². The number of nitrogens with zero attached hydrogens (tertiary/aromatic N) is 4. The molecule has 0 amide bonds. The van der Waals surface area contributed by atoms with Gasteiger partial charge in [-0.15, -0.1) is 0 Å². The molecule has 0 aliphatic heterocycles. The molecule has 0 saturated heterocycles. The van der Waals surface area contributed by atoms with Gasteiger partial charge in [0.2, 0.25) is 5.88 Å². The fraction of sp³-hybridized carbons (Fsp3) is 0.417. The summed E-state index contributed by atoms with van der Waals surface area (Å²) in [6.45, 7) is 3.96. The van der Waals surface area contributed by atoms with Crippen LogP contribution in [0.5, 0.6) is 5.88 Å². The molecule has 7 nitrogen and oxygen atoms in total. The van der Waals surface area contributed by atoms with Crippen molar-refractivity contribution in [1.82, 2.24) is 15.0 Å². The summed E-state index contributed by atoms with van der Waals surface area (Å²) in [6.07, 6.45) is -1.57. The summed E-state index contributed by atoms with van der Waals surface area (Å²) in [7, 11) is 1.56. The van der Waals surface area contributed by atoms with Gasteiger partial charge in [-0.2, -0.15) is 10.2 Å². The highest BCUT2D eigenvalue weighted by atomic mass is 19.3. The molecule has 0 spiro atoms. The highest BCUT2D eigenvalue weighted by Gasteiger charge is 2.48. The Morgan fingerprint density at radius 1 is 1.18 bits per heavy atom. The lowest BCUT2D eigenvalue weighted by atomic mass is 9.97. The molecular formula is C24H24F3N5O2. The van der Waals surface area contributed by atoms with E-state index in [9.17, 15) is 18.4 Å². The Balaban J connectivity index is 1.77. The molecule has 2 heterocycles. The fourth-order valence-electron chi connectivity index (χ4n) is 3.85. The number of rotatable bonds is 9. The van der Waals surface area contributed by atoms with E-state index in [1.165, 1.54) is 12.1 Å². The minimum Gasteiger partial charge on any atom is -0.475 e. The van der Waals surface area contributed by atoms with Gasteiger partial charge >= 0.3 is 0 Å². The van der Waals surface area contributed by atoms with Crippen molar-refractivity contribution in [2.45, 2.75) is 44.6 Å². The second kappa shape index (κ2) is 9.43. The normalized spacial score (nSPS) is 15.2. The van der Waals surface area contributed by atoms with E-state index in [0.717, 1.165) is 6.07 Å². The Morgan fingerprint density at radius 2 is 1.91 bits per heavy atom. The van der Waals surface area contributed by atoms with Crippen LogP contribution in [0.15, 0.2) is 24.3 Å². The topological polar surface area (TPSA) is 92.9 Å². The van der Waals surface area contributed by atoms with Crippen LogP contribution in [-0.4, -0.2) is 35.3 Å². The molecule has 1 atom stereocenters. The number of fused-ring (bicyclic) bond motifs is 1. The number of ether oxygens (including phenoxy) is 2. The summed E-state index contributed by atoms with van der Waals surface area (Å²) in [5.41, 5.74) is -0.289. The molecule has 0 bridgehead atoms. The number of hydrogen-bond donors (Lipinski definition) is 1. The lowest BCUT2D eigenvalue weighted by Crippen LogP contribution is -2.15. The zero-order chi connectivity index (χ0) is 24.5. The Morgan fingerprint density at radius 3 is 2.56 bits per heavy atom. The number of alkyl halides is 2. The summed E-state index contributed by atoms with van der Waals surface area (Å²) in [6, 6.07) is 7.37. The molecule has 0 unspecified atom stereocenters. The summed E-state index contributed by atoms with van der Waals surface area (Å²) in [5, 5.41) is 13.4. The van der Waals surface area contributed by atoms with Crippen molar-refractivity contribution in [2.24, 2.45) is 0 Å². The molecule has 1 saturated carbocycles. The molecule has 1 fully saturated rings. The molecule has 3 aromatic rings. The predicted molar refractivity (Wildman–Crippen MR) is 119 cm³/mol. The smallest absolute Gasteiger partial charge is 0.266 e. The van der Waals surface area contributed by atoms with Crippen LogP contribution in [0, 0.1) is 24.1 Å². The monoisotopic (exact) mass is 471 g/mol. The maximum atomic E-state index is 14.7. The zero-order valence-corrected chi connectivity index (χ0v) is 19.0. The van der Waals surface area contributed by atoms with Gasteiger partial charge in [0, 0.05) is 18.2 Å². The van der Waals surface area contributed by atoms with Crippen LogP contribution in [-0.2, 0) is 10.2 Å². The summed E-state index contributed by atoms with van der Waals surface area (Å²) >= 11 is 0. The SMILES string of the molecule is COCCOc1nc2nc(C)nc(N[C@H](C)c3cccc(C(F)F)c3F)c2cc1C1(C#N)CC1. The number of halogens is 3. The molecule has 1 N–H and O–H groups in total. The minimum atomic E-state index is -2.92. The van der Waals surface area contributed by atoms with Gasteiger partial charge in [-0.3, -0.25) is 0 Å². The molecular weight excluding hydrogens is 447 g/mol. The summed E-state index contributed by atoms with van der Waals surface area (Å²) in [4.78, 5) is 13.4. The van der Waals surface area contributed by atoms with Crippen LogP contribution >= 0.6 is 0 Å². The molecule has 0 radical (unpaired) electrons. The third kappa shape index (κ3) is 4.48. The first-order valence-electron chi connectivity index (χ1n) is 10.9. The average molecular weight is 471 g/mol. The van der Waals surface area contributed by atoms with E-state index >= 15 is 0 Å². The van der Waals surface area contributed by atoms with Crippen molar-refractivity contribution in [3.05, 3.63) is 52.6 Å². The Labute approximate surface area is 195 Å². The first kappa shape index (κ1) is 23.7. The second-order valence-corrected chi connectivity index (χ2v) is 8.28. The van der Waals surface area contributed by atoms with E-state index in [1.807, 2.05) is 0 Å². The fourth-order valence-corrected chi connectivity index (χ4v) is 3.85. The molecule has 1 aliphatic carbocycles. The number of nitrogens with one attached hydrogen (secondary N) is 1. The standard InChI is InChI=1S/C24H24F3N5O2/c1-13(15-5-4-6-16(19(15)25)20(26)27)29-21-17-11-18(24(12-28)7-8-24)23(34-10-9-33-3)32-22(17)31-14(2)30-21/h4-6,11,13,20H,7-10H2,1-3H3,(H,29,30,31,32)/t13-/m1/s1. The maximum absolute atomic E-state index is 14.7. The first-order chi connectivity index (χ1) is 16.3. The van der Waals surface area contributed by atoms with Gasteiger partial charge in [-0.05, 0) is 32.8 Å². The van der Waals surface area contributed by atoms with Crippen molar-refractivity contribution >= 4 is 16.9 Å². The van der Waals surface area contributed by atoms with Crippen LogP contribution in [0.25, 0.3) is 11.0 Å². The van der Waals surface area contributed by atoms with Gasteiger partial charge in [0.1, 0.15) is 24.1 Å². The zero-order valence-electron chi connectivity index (χ0n) is 19.0. The lowest BCUT2D eigenvalue weighted by Gasteiger charge is -2.20. The van der Waals surface area contributed by atoms with E-state index in [-0.39, 0.29) is 12.2 Å². The molecule has 1 aliphatic rings. The number of nitriles is 1. The van der Waals surface area contributed by atoms with Crippen LogP contribution in [0.2, 0.25) is 0 Å². The second-order valence-electron chi connectivity index (χ2n) is 8.28. The van der Waals surface area contributed by atoms with Gasteiger partial charge in [-0.1, -0.05) is 18.2 Å². The molecule has 1 aromatic carbocycles. The van der Waals surface area contributed by atoms with Crippen molar-refractivity contribution in [3.8, 4) is 11.9 Å². The van der Waals surface area contributed by atoms with Gasteiger partial charge in [0.15, 0.2) is 5.65 Å². The molecule has 2 aromatic heterocycles. The van der Waals surface area contributed by atoms with Crippen LogP contribution in [0.3, 0.4) is 0 Å². The third-order valence-electron chi connectivity index (χ3n) is 5.88. The van der Waals surface area contributed by atoms with Crippen molar-refractivity contribution in [2.75, 3.05) is 25.6 Å². The number of aryl methyl sites for hydroxylation is 1. The van der Waals surface area contributed by atoms with E-state index in [2.05, 4.69) is 26.3 Å². The number of hydrogen-bond acceptors (Lipinski definition) is 7. The number of benzene rings is 1. The molecule has 178 valence electrons. The number of methoxy groups -OCH3 is 1. The predicted octanol–water partition coefficient (Wildman–Crippen LogP) is 5.16. The molecule has 4 rings (SSSR count). The van der Waals surface area contributed by atoms with Crippen molar-refractivity contribution in [3.63, 3.8) is 0 Å². The lowest BCUT2D eigenvalue weighted by molar-refractivity contribution is 0.143. The molecule has 34 heavy (non-hydrogen) atoms. The van der Waals surface area contributed by atoms with E-state index in [1.54, 1.807) is 27.0 Å². The van der Waals surface area contributed by atoms with Gasteiger partial charge in [0.25, 0.3) is 6.43 Å². The van der Waals surface area contributed by atoms with Crippen LogP contribution in [0.1, 0.15) is 54.7 Å². The number of aromatic nitrogens is 3. The van der Waals surface area contributed by atoms with Crippen molar-refractivity contribution < 1.29 is 22.6 Å².